The summed E-state index contributed by atoms with van der Waals surface area (Å²) in [6.45, 7) is 9.16. The highest BCUT2D eigenvalue weighted by Gasteiger charge is 2.27. The Labute approximate surface area is 116 Å². The summed E-state index contributed by atoms with van der Waals surface area (Å²) < 4.78 is 0. The molecule has 0 saturated heterocycles. The molecule has 0 amide bonds. The SMILES string of the molecule is CCC(CC)C1CN=C(NCC2CCC(C)C2)S1. The van der Waals surface area contributed by atoms with Crippen LogP contribution < -0.4 is 5.32 Å². The lowest BCUT2D eigenvalue weighted by Crippen LogP contribution is -2.26. The summed E-state index contributed by atoms with van der Waals surface area (Å²) in [7, 11) is 0. The van der Waals surface area contributed by atoms with E-state index in [1.807, 2.05) is 11.8 Å². The van der Waals surface area contributed by atoms with Crippen molar-refractivity contribution in [2.24, 2.45) is 22.7 Å². The summed E-state index contributed by atoms with van der Waals surface area (Å²) >= 11 is 1.99. The van der Waals surface area contributed by atoms with Gasteiger partial charge in [-0.05, 0) is 30.6 Å². The number of rotatable bonds is 5. The number of thioether (sulfide) groups is 1. The maximum absolute atomic E-state index is 4.68. The van der Waals surface area contributed by atoms with E-state index in [-0.39, 0.29) is 0 Å². The summed E-state index contributed by atoms with van der Waals surface area (Å²) in [6, 6.07) is 0. The second-order valence-electron chi connectivity index (χ2n) is 6.04. The van der Waals surface area contributed by atoms with Crippen LogP contribution in [0.2, 0.25) is 0 Å². The molecule has 1 heterocycles. The highest BCUT2D eigenvalue weighted by Crippen LogP contribution is 2.32. The van der Waals surface area contributed by atoms with E-state index in [4.69, 9.17) is 0 Å². The molecule has 1 saturated carbocycles. The van der Waals surface area contributed by atoms with Crippen LogP contribution in [0.15, 0.2) is 4.99 Å². The van der Waals surface area contributed by atoms with E-state index in [2.05, 4.69) is 31.1 Å². The van der Waals surface area contributed by atoms with Gasteiger partial charge in [0.05, 0.1) is 6.54 Å². The molecule has 2 aliphatic rings. The summed E-state index contributed by atoms with van der Waals surface area (Å²) in [6.07, 6.45) is 6.81. The molecule has 3 atom stereocenters. The molecule has 1 aliphatic carbocycles. The van der Waals surface area contributed by atoms with Gasteiger partial charge in [0.1, 0.15) is 0 Å². The van der Waals surface area contributed by atoms with Crippen molar-refractivity contribution in [1.82, 2.24) is 5.32 Å². The van der Waals surface area contributed by atoms with Gasteiger partial charge in [0.25, 0.3) is 0 Å². The Kier molecular flexibility index (Phi) is 5.40. The molecule has 0 spiro atoms. The van der Waals surface area contributed by atoms with Crippen LogP contribution in [-0.2, 0) is 0 Å². The van der Waals surface area contributed by atoms with Gasteiger partial charge in [-0.3, -0.25) is 4.99 Å². The molecule has 1 aliphatic heterocycles. The van der Waals surface area contributed by atoms with E-state index in [0.29, 0.717) is 0 Å². The smallest absolute Gasteiger partial charge is 0.156 e. The predicted molar refractivity (Wildman–Crippen MR) is 82.3 cm³/mol. The third-order valence-corrected chi connectivity index (χ3v) is 5.93. The van der Waals surface area contributed by atoms with Crippen LogP contribution in [0.4, 0.5) is 0 Å². The number of hydrogen-bond acceptors (Lipinski definition) is 3. The van der Waals surface area contributed by atoms with Gasteiger partial charge in [0.2, 0.25) is 0 Å². The highest BCUT2D eigenvalue weighted by molar-refractivity contribution is 8.14. The zero-order valence-electron chi connectivity index (χ0n) is 12.1. The van der Waals surface area contributed by atoms with Gasteiger partial charge in [0.15, 0.2) is 5.17 Å². The number of aliphatic imine (C=N–C) groups is 1. The van der Waals surface area contributed by atoms with Crippen LogP contribution in [0.5, 0.6) is 0 Å². The molecule has 104 valence electrons. The molecule has 0 bridgehead atoms. The fourth-order valence-electron chi connectivity index (χ4n) is 3.29. The van der Waals surface area contributed by atoms with E-state index in [9.17, 15) is 0 Å². The van der Waals surface area contributed by atoms with Crippen molar-refractivity contribution >= 4 is 16.9 Å². The van der Waals surface area contributed by atoms with Crippen molar-refractivity contribution < 1.29 is 0 Å². The summed E-state index contributed by atoms with van der Waals surface area (Å²) in [4.78, 5) is 4.68. The molecule has 18 heavy (non-hydrogen) atoms. The highest BCUT2D eigenvalue weighted by atomic mass is 32.2. The van der Waals surface area contributed by atoms with Crippen molar-refractivity contribution in [3.05, 3.63) is 0 Å². The Balaban J connectivity index is 1.69. The second-order valence-corrected chi connectivity index (χ2v) is 7.27. The zero-order valence-corrected chi connectivity index (χ0v) is 12.9. The lowest BCUT2D eigenvalue weighted by molar-refractivity contribution is 0.479. The summed E-state index contributed by atoms with van der Waals surface area (Å²) in [5.74, 6) is 2.66. The topological polar surface area (TPSA) is 24.4 Å². The molecular weight excluding hydrogens is 240 g/mol. The minimum Gasteiger partial charge on any atom is -0.365 e. The van der Waals surface area contributed by atoms with Gasteiger partial charge in [-0.1, -0.05) is 51.8 Å². The van der Waals surface area contributed by atoms with Crippen LogP contribution in [0.1, 0.15) is 52.9 Å². The molecule has 3 unspecified atom stereocenters. The molecule has 0 aromatic heterocycles. The summed E-state index contributed by atoms with van der Waals surface area (Å²) in [5, 5.41) is 5.53. The van der Waals surface area contributed by atoms with Gasteiger partial charge in [-0.2, -0.15) is 0 Å². The number of amidine groups is 1. The Hall–Kier alpha value is -0.180. The molecule has 0 aromatic carbocycles. The van der Waals surface area contributed by atoms with Crippen LogP contribution in [-0.4, -0.2) is 23.5 Å². The second kappa shape index (κ2) is 6.83. The van der Waals surface area contributed by atoms with Gasteiger partial charge in [-0.25, -0.2) is 0 Å². The van der Waals surface area contributed by atoms with Crippen molar-refractivity contribution in [2.75, 3.05) is 13.1 Å². The predicted octanol–water partition coefficient (Wildman–Crippen LogP) is 3.92. The fraction of sp³-hybridized carbons (Fsp3) is 0.933. The Bertz CT molecular complexity index is 286. The van der Waals surface area contributed by atoms with Crippen molar-refractivity contribution in [2.45, 2.75) is 58.1 Å². The van der Waals surface area contributed by atoms with Gasteiger partial charge >= 0.3 is 0 Å². The minimum atomic E-state index is 0.727. The first kappa shape index (κ1) is 14.2. The van der Waals surface area contributed by atoms with Crippen LogP contribution >= 0.6 is 11.8 Å². The van der Waals surface area contributed by atoms with Gasteiger partial charge in [-0.15, -0.1) is 0 Å². The number of nitrogens with zero attached hydrogens (tertiary/aromatic N) is 1. The first-order valence-corrected chi connectivity index (χ1v) is 8.55. The zero-order chi connectivity index (χ0) is 13.0. The average Bonchev–Trinajstić information content (AvgIpc) is 2.98. The first-order chi connectivity index (χ1) is 8.72. The van der Waals surface area contributed by atoms with Gasteiger partial charge < -0.3 is 5.32 Å². The third-order valence-electron chi connectivity index (χ3n) is 4.60. The number of nitrogens with one attached hydrogen (secondary N) is 1. The molecular formula is C15H28N2S. The van der Waals surface area contributed by atoms with Gasteiger partial charge in [0, 0.05) is 11.8 Å². The maximum Gasteiger partial charge on any atom is 0.156 e. The number of hydrogen-bond donors (Lipinski definition) is 1. The standard InChI is InChI=1S/C15H28N2S/c1-4-13(5-2)14-10-17-15(18-14)16-9-12-7-6-11(3)8-12/h11-14H,4-10H2,1-3H3,(H,16,17). The molecule has 2 nitrogen and oxygen atoms in total. The van der Waals surface area contributed by atoms with Crippen molar-refractivity contribution in [3.8, 4) is 0 Å². The molecule has 1 N–H and O–H groups in total. The average molecular weight is 268 g/mol. The van der Waals surface area contributed by atoms with Crippen LogP contribution in [0.25, 0.3) is 0 Å². The van der Waals surface area contributed by atoms with Crippen molar-refractivity contribution in [1.29, 1.82) is 0 Å². The van der Waals surface area contributed by atoms with E-state index in [0.717, 1.165) is 36.1 Å². The van der Waals surface area contributed by atoms with E-state index in [1.165, 1.54) is 37.3 Å². The quantitative estimate of drug-likeness (QED) is 0.817. The Morgan fingerprint density at radius 3 is 2.72 bits per heavy atom. The maximum atomic E-state index is 4.68. The first-order valence-electron chi connectivity index (χ1n) is 7.67. The molecule has 0 radical (unpaired) electrons. The summed E-state index contributed by atoms with van der Waals surface area (Å²) in [5.41, 5.74) is 0. The van der Waals surface area contributed by atoms with E-state index in [1.54, 1.807) is 0 Å². The molecule has 0 aromatic rings. The normalized spacial score (nSPS) is 32.0. The monoisotopic (exact) mass is 268 g/mol. The van der Waals surface area contributed by atoms with Crippen molar-refractivity contribution in [3.63, 3.8) is 0 Å². The lowest BCUT2D eigenvalue weighted by atomic mass is 9.99. The van der Waals surface area contributed by atoms with E-state index >= 15 is 0 Å². The Morgan fingerprint density at radius 2 is 2.11 bits per heavy atom. The van der Waals surface area contributed by atoms with E-state index < -0.39 is 0 Å². The Morgan fingerprint density at radius 1 is 1.33 bits per heavy atom. The van der Waals surface area contributed by atoms with Crippen LogP contribution in [0, 0.1) is 17.8 Å². The lowest BCUT2D eigenvalue weighted by Gasteiger charge is -2.19. The fourth-order valence-corrected chi connectivity index (χ4v) is 4.62. The van der Waals surface area contributed by atoms with Crippen LogP contribution in [0.3, 0.4) is 0 Å². The largest absolute Gasteiger partial charge is 0.365 e. The molecule has 3 heteroatoms. The molecule has 1 fully saturated rings. The molecule has 2 rings (SSSR count). The minimum absolute atomic E-state index is 0.727. The third kappa shape index (κ3) is 3.66.